The maximum Gasteiger partial charge on any atom is 0.264 e. The van der Waals surface area contributed by atoms with Crippen molar-refractivity contribution in [2.75, 3.05) is 6.54 Å². The average Bonchev–Trinajstić information content (AvgIpc) is 3.23. The second kappa shape index (κ2) is 6.77. The summed E-state index contributed by atoms with van der Waals surface area (Å²) in [5.41, 5.74) is 1.38. The van der Waals surface area contributed by atoms with E-state index in [-0.39, 0.29) is 23.7 Å². The third kappa shape index (κ3) is 3.27. The van der Waals surface area contributed by atoms with Crippen molar-refractivity contribution in [3.05, 3.63) is 48.3 Å². The Morgan fingerprint density at radius 2 is 2.17 bits per heavy atom. The van der Waals surface area contributed by atoms with Gasteiger partial charge in [-0.2, -0.15) is 5.10 Å². The zero-order valence-electron chi connectivity index (χ0n) is 13.4. The fourth-order valence-electron chi connectivity index (χ4n) is 2.53. The molecule has 3 rings (SSSR count). The lowest BCUT2D eigenvalue weighted by molar-refractivity contribution is -0.132. The number of nitrogens with one attached hydrogen (secondary N) is 1. The summed E-state index contributed by atoms with van der Waals surface area (Å²) in [6, 6.07) is 5.95. The van der Waals surface area contributed by atoms with Crippen LogP contribution in [-0.4, -0.2) is 39.0 Å². The monoisotopic (exact) mass is 331 g/mol. The smallest absolute Gasteiger partial charge is 0.264 e. The largest absolute Gasteiger partial charge is 0.381 e. The van der Waals surface area contributed by atoms with Gasteiger partial charge in [0, 0.05) is 6.54 Å². The number of aromatic nitrogens is 3. The lowest BCUT2D eigenvalue weighted by Gasteiger charge is -2.17. The van der Waals surface area contributed by atoms with Gasteiger partial charge in [-0.15, -0.1) is 0 Å². The first-order valence-corrected chi connectivity index (χ1v) is 7.67. The lowest BCUT2D eigenvalue weighted by atomic mass is 9.94. The molecule has 0 aliphatic carbocycles. The topological polar surface area (TPSA) is 81.4 Å². The number of halogens is 1. The van der Waals surface area contributed by atoms with Gasteiger partial charge in [0.2, 0.25) is 6.10 Å². The fraction of sp³-hybridized carbons (Fsp3) is 0.375. The van der Waals surface area contributed by atoms with Crippen LogP contribution in [0.3, 0.4) is 0 Å². The van der Waals surface area contributed by atoms with Crippen LogP contribution in [0.1, 0.15) is 25.5 Å². The number of benzene rings is 1. The lowest BCUT2D eigenvalue weighted by Crippen LogP contribution is -2.41. The maximum absolute atomic E-state index is 13.0. The van der Waals surface area contributed by atoms with Gasteiger partial charge in [0.1, 0.15) is 18.5 Å². The highest BCUT2D eigenvalue weighted by molar-refractivity contribution is 6.05. The van der Waals surface area contributed by atoms with Gasteiger partial charge in [0.15, 0.2) is 0 Å². The average molecular weight is 331 g/mol. The number of amides is 1. The quantitative estimate of drug-likeness (QED) is 0.901. The Morgan fingerprint density at radius 3 is 2.83 bits per heavy atom. The minimum Gasteiger partial charge on any atom is -0.381 e. The van der Waals surface area contributed by atoms with Crippen LogP contribution in [0, 0.1) is 11.7 Å². The molecular weight excluding hydrogens is 313 g/mol. The molecule has 24 heavy (non-hydrogen) atoms. The van der Waals surface area contributed by atoms with E-state index in [1.54, 1.807) is 23.1 Å². The van der Waals surface area contributed by atoms with Crippen molar-refractivity contribution < 1.29 is 14.0 Å². The Labute approximate surface area is 138 Å². The number of hydrogen-bond donors (Lipinski definition) is 1. The van der Waals surface area contributed by atoms with Crippen LogP contribution < -0.4 is 5.32 Å². The first-order chi connectivity index (χ1) is 11.6. The molecule has 1 aromatic carbocycles. The van der Waals surface area contributed by atoms with Crippen LogP contribution in [0.4, 0.5) is 4.39 Å². The van der Waals surface area contributed by atoms with Gasteiger partial charge >= 0.3 is 0 Å². The van der Waals surface area contributed by atoms with E-state index >= 15 is 0 Å². The predicted molar refractivity (Wildman–Crippen MR) is 84.7 cm³/mol. The van der Waals surface area contributed by atoms with E-state index in [4.69, 9.17) is 4.84 Å². The van der Waals surface area contributed by atoms with Crippen LogP contribution >= 0.6 is 0 Å². The van der Waals surface area contributed by atoms with Gasteiger partial charge in [0.05, 0.1) is 17.7 Å². The predicted octanol–water partition coefficient (Wildman–Crippen LogP) is 1.53. The van der Waals surface area contributed by atoms with Crippen LogP contribution in [0.25, 0.3) is 0 Å². The molecule has 1 N–H and O–H groups in total. The van der Waals surface area contributed by atoms with E-state index in [0.29, 0.717) is 12.3 Å². The van der Waals surface area contributed by atoms with Crippen molar-refractivity contribution in [1.29, 1.82) is 0 Å². The number of nitrogens with zero attached hydrogens (tertiary/aromatic N) is 4. The molecule has 2 aromatic rings. The van der Waals surface area contributed by atoms with Gasteiger partial charge < -0.3 is 10.2 Å². The minimum absolute atomic E-state index is 0.0225. The summed E-state index contributed by atoms with van der Waals surface area (Å²) in [6.45, 7) is 4.19. The van der Waals surface area contributed by atoms with Crippen LogP contribution in [0.2, 0.25) is 0 Å². The van der Waals surface area contributed by atoms with E-state index in [9.17, 15) is 9.18 Å². The second-order valence-electron chi connectivity index (χ2n) is 5.77. The van der Waals surface area contributed by atoms with E-state index in [1.165, 1.54) is 18.5 Å². The maximum atomic E-state index is 13.0. The molecule has 126 valence electrons. The van der Waals surface area contributed by atoms with E-state index in [2.05, 4.69) is 20.6 Å². The summed E-state index contributed by atoms with van der Waals surface area (Å²) in [4.78, 5) is 21.5. The molecule has 8 heteroatoms. The minimum atomic E-state index is -0.701. The Bertz CT molecular complexity index is 729. The summed E-state index contributed by atoms with van der Waals surface area (Å²) < 4.78 is 14.7. The van der Waals surface area contributed by atoms with Gasteiger partial charge in [-0.25, -0.2) is 14.1 Å². The molecule has 0 bridgehead atoms. The van der Waals surface area contributed by atoms with Crippen LogP contribution in [0.15, 0.2) is 42.1 Å². The first kappa shape index (κ1) is 16.1. The van der Waals surface area contributed by atoms with Gasteiger partial charge in [0.25, 0.3) is 5.91 Å². The van der Waals surface area contributed by atoms with E-state index < -0.39 is 6.10 Å². The van der Waals surface area contributed by atoms with E-state index in [0.717, 1.165) is 5.56 Å². The third-order valence-electron chi connectivity index (χ3n) is 4.01. The van der Waals surface area contributed by atoms with Crippen molar-refractivity contribution >= 4 is 11.6 Å². The molecule has 0 saturated carbocycles. The molecule has 3 unspecified atom stereocenters. The van der Waals surface area contributed by atoms with Crippen molar-refractivity contribution in [3.8, 4) is 0 Å². The van der Waals surface area contributed by atoms with Gasteiger partial charge in [-0.1, -0.05) is 24.2 Å². The van der Waals surface area contributed by atoms with Gasteiger partial charge in [-0.05, 0) is 24.6 Å². The van der Waals surface area contributed by atoms with Crippen LogP contribution in [-0.2, 0) is 9.63 Å². The number of rotatable bonds is 5. The molecule has 1 aliphatic heterocycles. The van der Waals surface area contributed by atoms with Crippen molar-refractivity contribution in [3.63, 3.8) is 0 Å². The molecule has 7 nitrogen and oxygen atoms in total. The number of hydrogen-bond acceptors (Lipinski definition) is 5. The number of carbonyl (C=O) groups is 1. The third-order valence-corrected chi connectivity index (χ3v) is 4.01. The highest BCUT2D eigenvalue weighted by Crippen LogP contribution is 2.23. The summed E-state index contributed by atoms with van der Waals surface area (Å²) in [7, 11) is 0. The van der Waals surface area contributed by atoms with Crippen molar-refractivity contribution in [2.24, 2.45) is 11.1 Å². The molecule has 3 atom stereocenters. The summed E-state index contributed by atoms with van der Waals surface area (Å²) in [5, 5.41) is 10.9. The zero-order valence-corrected chi connectivity index (χ0v) is 13.4. The molecule has 1 aromatic heterocycles. The fourth-order valence-corrected chi connectivity index (χ4v) is 2.53. The van der Waals surface area contributed by atoms with E-state index in [1.807, 2.05) is 13.8 Å². The van der Waals surface area contributed by atoms with Gasteiger partial charge in [-0.3, -0.25) is 4.79 Å². The Kier molecular flexibility index (Phi) is 4.54. The number of carbonyl (C=O) groups excluding carboxylic acids is 1. The summed E-state index contributed by atoms with van der Waals surface area (Å²) in [5.74, 6) is -0.783. The number of oxime groups is 1. The highest BCUT2D eigenvalue weighted by atomic mass is 19.1. The Balaban J connectivity index is 1.58. The second-order valence-corrected chi connectivity index (χ2v) is 5.77. The summed E-state index contributed by atoms with van der Waals surface area (Å²) in [6.07, 6.45) is 2.35. The molecular formula is C16H18FN5O2. The van der Waals surface area contributed by atoms with Crippen molar-refractivity contribution in [1.82, 2.24) is 20.1 Å². The summed E-state index contributed by atoms with van der Waals surface area (Å²) >= 11 is 0. The molecule has 1 amide bonds. The molecule has 0 radical (unpaired) electrons. The standard InChI is InChI=1S/C16H18FN5O2/c1-10(22-9-18-8-20-22)7-19-16(23)15-11(2)14(21-24-15)12-3-5-13(17)6-4-12/h3-6,8-11,15H,7H2,1-2H3,(H,19,23). The van der Waals surface area contributed by atoms with Crippen LogP contribution in [0.5, 0.6) is 0 Å². The highest BCUT2D eigenvalue weighted by Gasteiger charge is 2.36. The zero-order chi connectivity index (χ0) is 17.1. The Morgan fingerprint density at radius 1 is 1.42 bits per heavy atom. The molecule has 0 spiro atoms. The van der Waals surface area contributed by atoms with Crippen molar-refractivity contribution in [2.45, 2.75) is 26.0 Å². The Hall–Kier alpha value is -2.77. The normalized spacial score (nSPS) is 21.0. The molecule has 0 fully saturated rings. The molecule has 1 aliphatic rings. The first-order valence-electron chi connectivity index (χ1n) is 7.67. The molecule has 2 heterocycles. The molecule has 0 saturated heterocycles. The SMILES string of the molecule is CC1C(c2ccc(F)cc2)=NOC1C(=O)NCC(C)n1cncn1.